The van der Waals surface area contributed by atoms with E-state index >= 15 is 0 Å². The molecule has 0 fully saturated rings. The summed E-state index contributed by atoms with van der Waals surface area (Å²) in [6, 6.07) is 10.4. The van der Waals surface area contributed by atoms with Gasteiger partial charge in [0.15, 0.2) is 0 Å². The average molecular weight is 227 g/mol. The number of nitrogens with zero attached hydrogens (tertiary/aromatic N) is 3. The molecule has 0 aliphatic carbocycles. The van der Waals surface area contributed by atoms with Crippen molar-refractivity contribution >= 4 is 11.0 Å². The summed E-state index contributed by atoms with van der Waals surface area (Å²) in [4.78, 5) is 4.54. The van der Waals surface area contributed by atoms with E-state index in [1.807, 2.05) is 6.07 Å². The van der Waals surface area contributed by atoms with Gasteiger partial charge in [0, 0.05) is 13.0 Å². The van der Waals surface area contributed by atoms with E-state index in [0.29, 0.717) is 6.42 Å². The molecule has 0 N–H and O–H groups in total. The highest BCUT2D eigenvalue weighted by atomic mass is 15.1. The van der Waals surface area contributed by atoms with Crippen molar-refractivity contribution in [1.29, 1.82) is 5.26 Å². The number of aryl methyl sites for hydroxylation is 2. The van der Waals surface area contributed by atoms with Gasteiger partial charge in [-0.25, -0.2) is 4.98 Å². The van der Waals surface area contributed by atoms with Crippen molar-refractivity contribution in [3.63, 3.8) is 0 Å². The minimum Gasteiger partial charge on any atom is -0.328 e. The van der Waals surface area contributed by atoms with E-state index in [-0.39, 0.29) is 0 Å². The van der Waals surface area contributed by atoms with Gasteiger partial charge >= 0.3 is 0 Å². The molecule has 0 bridgehead atoms. The van der Waals surface area contributed by atoms with Crippen molar-refractivity contribution < 1.29 is 0 Å². The molecule has 88 valence electrons. The second-order valence-corrected chi connectivity index (χ2v) is 4.27. The summed E-state index contributed by atoms with van der Waals surface area (Å²) in [5, 5.41) is 8.47. The standard InChI is InChI=1S/C14H17N3/c1-12-16-13-8-4-5-9-14(13)17(12)11-7-3-2-6-10-15/h4-5,8-9H,2-3,6-7,11H2,1H3. The van der Waals surface area contributed by atoms with E-state index in [4.69, 9.17) is 5.26 Å². The van der Waals surface area contributed by atoms with Crippen LogP contribution in [0.4, 0.5) is 0 Å². The number of aromatic nitrogens is 2. The molecule has 1 aromatic heterocycles. The lowest BCUT2D eigenvalue weighted by Gasteiger charge is -2.05. The molecule has 3 nitrogen and oxygen atoms in total. The van der Waals surface area contributed by atoms with Crippen molar-refractivity contribution in [2.24, 2.45) is 0 Å². The Labute approximate surface area is 102 Å². The molecule has 2 rings (SSSR count). The zero-order chi connectivity index (χ0) is 12.1. The van der Waals surface area contributed by atoms with Crippen LogP contribution in [-0.2, 0) is 6.54 Å². The molecule has 1 aromatic carbocycles. The average Bonchev–Trinajstić information content (AvgIpc) is 2.65. The zero-order valence-electron chi connectivity index (χ0n) is 10.2. The SMILES string of the molecule is Cc1nc2ccccc2n1CCCCCC#N. The van der Waals surface area contributed by atoms with Crippen molar-refractivity contribution in [1.82, 2.24) is 9.55 Å². The maximum Gasteiger partial charge on any atom is 0.106 e. The molecule has 0 atom stereocenters. The number of hydrogen-bond acceptors (Lipinski definition) is 2. The molecule has 2 aromatic rings. The van der Waals surface area contributed by atoms with Gasteiger partial charge in [0.05, 0.1) is 17.1 Å². The minimum atomic E-state index is 0.670. The molecule has 1 heterocycles. The number of hydrogen-bond donors (Lipinski definition) is 0. The third-order valence-electron chi connectivity index (χ3n) is 3.02. The summed E-state index contributed by atoms with van der Waals surface area (Å²) >= 11 is 0. The highest BCUT2D eigenvalue weighted by Gasteiger charge is 2.05. The molecule has 0 saturated carbocycles. The lowest BCUT2D eigenvalue weighted by atomic mass is 10.2. The number of rotatable bonds is 5. The van der Waals surface area contributed by atoms with Crippen LogP contribution in [-0.4, -0.2) is 9.55 Å². The Balaban J connectivity index is 2.03. The predicted molar refractivity (Wildman–Crippen MR) is 68.6 cm³/mol. The first kappa shape index (κ1) is 11.7. The van der Waals surface area contributed by atoms with Crippen molar-refractivity contribution in [2.75, 3.05) is 0 Å². The number of benzene rings is 1. The molecule has 0 saturated heterocycles. The van der Waals surface area contributed by atoms with Crippen LogP contribution in [0.1, 0.15) is 31.5 Å². The molecule has 0 aliphatic heterocycles. The van der Waals surface area contributed by atoms with Gasteiger partial charge in [-0.15, -0.1) is 0 Å². The fourth-order valence-corrected chi connectivity index (χ4v) is 2.13. The van der Waals surface area contributed by atoms with Gasteiger partial charge in [-0.1, -0.05) is 18.6 Å². The van der Waals surface area contributed by atoms with Gasteiger partial charge in [0.1, 0.15) is 5.82 Å². The first-order valence-corrected chi connectivity index (χ1v) is 6.12. The fraction of sp³-hybridized carbons (Fsp3) is 0.429. The summed E-state index contributed by atoms with van der Waals surface area (Å²) in [6.07, 6.45) is 3.90. The van der Waals surface area contributed by atoms with Gasteiger partial charge < -0.3 is 4.57 Å². The Morgan fingerprint density at radius 1 is 1.24 bits per heavy atom. The van der Waals surface area contributed by atoms with Gasteiger partial charge in [-0.3, -0.25) is 0 Å². The Morgan fingerprint density at radius 2 is 2.06 bits per heavy atom. The van der Waals surface area contributed by atoms with E-state index in [2.05, 4.69) is 40.7 Å². The second kappa shape index (κ2) is 5.49. The van der Waals surface area contributed by atoms with E-state index < -0.39 is 0 Å². The van der Waals surface area contributed by atoms with Gasteiger partial charge in [0.2, 0.25) is 0 Å². The maximum atomic E-state index is 8.47. The Morgan fingerprint density at radius 3 is 2.88 bits per heavy atom. The Bertz CT molecular complexity index is 534. The fourth-order valence-electron chi connectivity index (χ4n) is 2.13. The normalized spacial score (nSPS) is 10.6. The van der Waals surface area contributed by atoms with Crippen LogP contribution in [0.5, 0.6) is 0 Å². The number of unbranched alkanes of at least 4 members (excludes halogenated alkanes) is 3. The Kier molecular flexibility index (Phi) is 3.77. The van der Waals surface area contributed by atoms with Crippen LogP contribution in [0, 0.1) is 18.3 Å². The van der Waals surface area contributed by atoms with Crippen LogP contribution >= 0.6 is 0 Å². The van der Waals surface area contributed by atoms with Crippen LogP contribution in [0.15, 0.2) is 24.3 Å². The van der Waals surface area contributed by atoms with Gasteiger partial charge in [-0.05, 0) is 31.9 Å². The zero-order valence-corrected chi connectivity index (χ0v) is 10.2. The monoisotopic (exact) mass is 227 g/mol. The number of para-hydroxylation sites is 2. The molecule has 0 spiro atoms. The number of imidazole rings is 1. The van der Waals surface area contributed by atoms with Crippen molar-refractivity contribution in [3.05, 3.63) is 30.1 Å². The smallest absolute Gasteiger partial charge is 0.106 e. The molecule has 3 heteroatoms. The van der Waals surface area contributed by atoms with Gasteiger partial charge in [0.25, 0.3) is 0 Å². The van der Waals surface area contributed by atoms with E-state index in [1.54, 1.807) is 0 Å². The van der Waals surface area contributed by atoms with Crippen molar-refractivity contribution in [2.45, 2.75) is 39.2 Å². The largest absolute Gasteiger partial charge is 0.328 e. The summed E-state index contributed by atoms with van der Waals surface area (Å²) in [5.74, 6) is 1.08. The second-order valence-electron chi connectivity index (χ2n) is 4.27. The molecule has 0 amide bonds. The highest BCUT2D eigenvalue weighted by molar-refractivity contribution is 5.75. The minimum absolute atomic E-state index is 0.670. The number of nitriles is 1. The van der Waals surface area contributed by atoms with E-state index in [9.17, 15) is 0 Å². The third-order valence-corrected chi connectivity index (χ3v) is 3.02. The Hall–Kier alpha value is -1.82. The highest BCUT2D eigenvalue weighted by Crippen LogP contribution is 2.16. The summed E-state index contributed by atoms with van der Waals surface area (Å²) in [5.41, 5.74) is 2.28. The summed E-state index contributed by atoms with van der Waals surface area (Å²) in [7, 11) is 0. The molecule has 17 heavy (non-hydrogen) atoms. The van der Waals surface area contributed by atoms with Crippen LogP contribution in [0.25, 0.3) is 11.0 Å². The lowest BCUT2D eigenvalue weighted by Crippen LogP contribution is -2.00. The molecule has 0 unspecified atom stereocenters. The quantitative estimate of drug-likeness (QED) is 0.734. The summed E-state index contributed by atoms with van der Waals surface area (Å²) in [6.45, 7) is 3.05. The summed E-state index contributed by atoms with van der Waals surface area (Å²) < 4.78 is 2.27. The first-order valence-electron chi connectivity index (χ1n) is 6.12. The van der Waals surface area contributed by atoms with Crippen LogP contribution < -0.4 is 0 Å². The predicted octanol–water partition coefficient (Wildman–Crippen LogP) is 3.43. The third kappa shape index (κ3) is 2.65. The van der Waals surface area contributed by atoms with E-state index in [1.165, 1.54) is 5.52 Å². The topological polar surface area (TPSA) is 41.6 Å². The lowest BCUT2D eigenvalue weighted by molar-refractivity contribution is 0.592. The molecule has 0 aliphatic rings. The number of fused-ring (bicyclic) bond motifs is 1. The maximum absolute atomic E-state index is 8.47. The van der Waals surface area contributed by atoms with Crippen LogP contribution in [0.3, 0.4) is 0 Å². The van der Waals surface area contributed by atoms with Gasteiger partial charge in [-0.2, -0.15) is 5.26 Å². The van der Waals surface area contributed by atoms with Crippen molar-refractivity contribution in [3.8, 4) is 6.07 Å². The first-order chi connectivity index (χ1) is 8.33. The molecule has 0 radical (unpaired) electrons. The molecular weight excluding hydrogens is 210 g/mol. The van der Waals surface area contributed by atoms with Crippen LogP contribution in [0.2, 0.25) is 0 Å². The molecular formula is C14H17N3. The van der Waals surface area contributed by atoms with E-state index in [0.717, 1.165) is 37.1 Å².